The molecular weight excluding hydrogens is 579 g/mol. The molecule has 3 nitrogen and oxygen atoms in total. The average molecular weight is 613 g/mol. The third kappa shape index (κ3) is 4.07. The fourth-order valence-corrected chi connectivity index (χ4v) is 8.23. The van der Waals surface area contributed by atoms with Crippen LogP contribution in [0.3, 0.4) is 0 Å². The zero-order valence-electron chi connectivity index (χ0n) is 30.1. The predicted octanol–water partition coefficient (Wildman–Crippen LogP) is 11.2. The van der Waals surface area contributed by atoms with Crippen LogP contribution >= 0.6 is 11.3 Å². The Balaban J connectivity index is 1.31. The summed E-state index contributed by atoms with van der Waals surface area (Å²) in [5, 5.41) is 1.84. The van der Waals surface area contributed by atoms with Crippen LogP contribution in [-0.4, -0.2) is 15.0 Å². The smallest absolute Gasteiger partial charge is 0.164 e. The second-order valence-electron chi connectivity index (χ2n) is 12.0. The number of rotatable bonds is 4. The largest absolute Gasteiger partial charge is 0.208 e. The van der Waals surface area contributed by atoms with Crippen molar-refractivity contribution in [2.75, 3.05) is 0 Å². The number of benzene rings is 6. The van der Waals surface area contributed by atoms with Gasteiger partial charge in [0.15, 0.2) is 17.5 Å². The number of hydrogen-bond donors (Lipinski definition) is 0. The summed E-state index contributed by atoms with van der Waals surface area (Å²) >= 11 is 1.53. The van der Waals surface area contributed by atoms with Crippen molar-refractivity contribution in [3.63, 3.8) is 0 Å². The lowest BCUT2D eigenvalue weighted by Gasteiger charge is -2.24. The highest BCUT2D eigenvalue weighted by Crippen LogP contribution is 2.52. The Labute approximate surface area is 278 Å². The summed E-state index contributed by atoms with van der Waals surface area (Å²) in [6.45, 7) is 4.51. The van der Waals surface area contributed by atoms with Crippen LogP contribution in [-0.2, 0) is 5.41 Å². The molecule has 46 heavy (non-hydrogen) atoms. The van der Waals surface area contributed by atoms with Gasteiger partial charge in [-0.05, 0) is 39.4 Å². The van der Waals surface area contributed by atoms with E-state index in [4.69, 9.17) is 21.8 Å². The van der Waals surface area contributed by atoms with Crippen molar-refractivity contribution < 1.29 is 6.85 Å². The fourth-order valence-electron chi connectivity index (χ4n) is 6.98. The third-order valence-corrected chi connectivity index (χ3v) is 10.2. The molecule has 0 radical (unpaired) electrons. The Morgan fingerprint density at radius 2 is 1.17 bits per heavy atom. The number of fused-ring (bicyclic) bond motifs is 6. The van der Waals surface area contributed by atoms with Crippen molar-refractivity contribution in [1.82, 2.24) is 15.0 Å². The minimum Gasteiger partial charge on any atom is -0.208 e. The molecule has 1 aliphatic rings. The summed E-state index contributed by atoms with van der Waals surface area (Å²) < 4.78 is 43.9. The molecule has 0 aliphatic heterocycles. The van der Waals surface area contributed by atoms with Crippen molar-refractivity contribution in [3.05, 3.63) is 151 Å². The topological polar surface area (TPSA) is 38.7 Å². The lowest BCUT2D eigenvalue weighted by Crippen LogP contribution is -2.17. The molecule has 0 bridgehead atoms. The molecule has 0 saturated carbocycles. The first kappa shape index (κ1) is 22.1. The maximum atomic E-state index is 8.70. The van der Waals surface area contributed by atoms with Crippen LogP contribution in [0.2, 0.25) is 0 Å². The summed E-state index contributed by atoms with van der Waals surface area (Å²) in [6.07, 6.45) is 0. The van der Waals surface area contributed by atoms with Gasteiger partial charge in [-0.1, -0.05) is 147 Å². The van der Waals surface area contributed by atoms with Gasteiger partial charge in [0.2, 0.25) is 0 Å². The number of hydrogen-bond acceptors (Lipinski definition) is 4. The van der Waals surface area contributed by atoms with E-state index in [2.05, 4.69) is 56.3 Å². The van der Waals surface area contributed by atoms with E-state index in [1.807, 2.05) is 66.7 Å². The molecule has 4 heteroatoms. The van der Waals surface area contributed by atoms with Crippen LogP contribution in [0.1, 0.15) is 31.8 Å². The maximum Gasteiger partial charge on any atom is 0.164 e. The summed E-state index contributed by atoms with van der Waals surface area (Å²) in [5.41, 5.74) is 8.04. The second kappa shape index (κ2) is 10.3. The number of aromatic nitrogens is 3. The van der Waals surface area contributed by atoms with Crippen molar-refractivity contribution in [2.24, 2.45) is 0 Å². The molecule has 0 fully saturated rings. The molecule has 8 aromatic rings. The summed E-state index contributed by atoms with van der Waals surface area (Å²) in [7, 11) is 0. The fraction of sp³-hybridized carbons (Fsp3) is 0.0714. The second-order valence-corrected chi connectivity index (χ2v) is 13.1. The first-order chi connectivity index (χ1) is 24.6. The van der Waals surface area contributed by atoms with Crippen LogP contribution in [0.15, 0.2) is 139 Å². The van der Waals surface area contributed by atoms with Gasteiger partial charge in [0.25, 0.3) is 0 Å². The van der Waals surface area contributed by atoms with Gasteiger partial charge >= 0.3 is 0 Å². The first-order valence-corrected chi connectivity index (χ1v) is 16.0. The van der Waals surface area contributed by atoms with Crippen LogP contribution in [0.25, 0.3) is 76.6 Å². The van der Waals surface area contributed by atoms with Gasteiger partial charge in [-0.15, -0.1) is 11.3 Å². The molecule has 0 spiro atoms. The van der Waals surface area contributed by atoms with E-state index in [0.717, 1.165) is 36.9 Å². The van der Waals surface area contributed by atoms with Crippen LogP contribution in [0, 0.1) is 0 Å². The lowest BCUT2D eigenvalue weighted by molar-refractivity contribution is 0.661. The van der Waals surface area contributed by atoms with Gasteiger partial charge in [0.05, 0.1) is 6.85 Å². The highest BCUT2D eigenvalue weighted by Gasteiger charge is 2.38. The quantitative estimate of drug-likeness (QED) is 0.198. The van der Waals surface area contributed by atoms with E-state index in [9.17, 15) is 0 Å². The summed E-state index contributed by atoms with van der Waals surface area (Å²) in [4.78, 5) is 15.5. The molecule has 0 saturated heterocycles. The van der Waals surface area contributed by atoms with E-state index in [1.165, 1.54) is 33.6 Å². The predicted molar refractivity (Wildman–Crippen MR) is 192 cm³/mol. The SMILES string of the molecule is [2H]c1c([2H])c([2H])c(-c2cccc3c2sc2cccc(-c4nc(-c5ccccc5)nc(-c5cccc6c5C(C)(C)c5ccccc5-6)n4)c23)c([2H])c1[2H]. The van der Waals surface area contributed by atoms with E-state index in [-0.39, 0.29) is 35.1 Å². The van der Waals surface area contributed by atoms with Gasteiger partial charge in [-0.2, -0.15) is 0 Å². The molecule has 218 valence electrons. The lowest BCUT2D eigenvalue weighted by atomic mass is 9.80. The molecule has 2 aromatic heterocycles. The molecular formula is C42H29N3S. The molecule has 9 rings (SSSR count). The van der Waals surface area contributed by atoms with Crippen molar-refractivity contribution in [3.8, 4) is 56.4 Å². The Bertz CT molecular complexity index is 2710. The van der Waals surface area contributed by atoms with E-state index in [0.29, 0.717) is 23.0 Å². The monoisotopic (exact) mass is 612 g/mol. The molecule has 1 aliphatic carbocycles. The van der Waals surface area contributed by atoms with Gasteiger partial charge < -0.3 is 0 Å². The standard InChI is InChI=1S/C42H29N3S/c1-42(2)34-24-10-9-18-29(34)30-20-12-23-33(37(30)42)41-44-39(27-16-7-4-8-17-27)43-40(45-41)32-22-13-25-35-36(32)31-21-11-19-28(38(31)46-35)26-14-5-3-6-15-26/h3-25H,1-2H3/i3D,5D,6D,14D,15D. The molecule has 0 atom stereocenters. The van der Waals surface area contributed by atoms with Crippen molar-refractivity contribution in [1.29, 1.82) is 0 Å². The highest BCUT2D eigenvalue weighted by molar-refractivity contribution is 7.26. The Kier molecular flexibility index (Phi) is 4.95. The van der Waals surface area contributed by atoms with Gasteiger partial charge in [-0.25, -0.2) is 15.0 Å². The van der Waals surface area contributed by atoms with Gasteiger partial charge in [0, 0.05) is 42.3 Å². The molecule has 0 unspecified atom stereocenters. The first-order valence-electron chi connectivity index (χ1n) is 17.7. The van der Waals surface area contributed by atoms with Gasteiger partial charge in [-0.3, -0.25) is 0 Å². The number of thiophene rings is 1. The number of nitrogens with zero attached hydrogens (tertiary/aromatic N) is 3. The molecule has 0 N–H and O–H groups in total. The van der Waals surface area contributed by atoms with Crippen LogP contribution < -0.4 is 0 Å². The van der Waals surface area contributed by atoms with Crippen molar-refractivity contribution >= 4 is 31.5 Å². The highest BCUT2D eigenvalue weighted by atomic mass is 32.1. The van der Waals surface area contributed by atoms with Crippen LogP contribution in [0.5, 0.6) is 0 Å². The Morgan fingerprint density at radius 3 is 2.02 bits per heavy atom. The minimum atomic E-state index is -0.407. The zero-order valence-corrected chi connectivity index (χ0v) is 26.0. The zero-order chi connectivity index (χ0) is 35.2. The van der Waals surface area contributed by atoms with E-state index < -0.39 is 6.04 Å². The average Bonchev–Trinajstić information content (AvgIpc) is 3.66. The third-order valence-electron chi connectivity index (χ3n) is 9.02. The van der Waals surface area contributed by atoms with Gasteiger partial charge in [0.1, 0.15) is 0 Å². The Hall–Kier alpha value is -5.45. The summed E-state index contributed by atoms with van der Waals surface area (Å²) in [6, 6.07) is 35.1. The Morgan fingerprint density at radius 1 is 0.543 bits per heavy atom. The molecule has 6 aromatic carbocycles. The van der Waals surface area contributed by atoms with Crippen LogP contribution in [0.4, 0.5) is 0 Å². The summed E-state index contributed by atoms with van der Waals surface area (Å²) in [5.74, 6) is 1.69. The van der Waals surface area contributed by atoms with E-state index >= 15 is 0 Å². The normalized spacial score (nSPS) is 14.7. The van der Waals surface area contributed by atoms with E-state index in [1.54, 1.807) is 0 Å². The van der Waals surface area contributed by atoms with Crippen molar-refractivity contribution in [2.45, 2.75) is 19.3 Å². The minimum absolute atomic E-state index is 0.190. The molecule has 2 heterocycles. The molecule has 0 amide bonds. The maximum absolute atomic E-state index is 8.70.